The van der Waals surface area contributed by atoms with Crippen LogP contribution in [0.5, 0.6) is 0 Å². The quantitative estimate of drug-likeness (QED) is 0.106. The van der Waals surface area contributed by atoms with Crippen molar-refractivity contribution in [2.45, 2.75) is 19.0 Å². The van der Waals surface area contributed by atoms with Crippen LogP contribution >= 0.6 is 11.6 Å². The Hall–Kier alpha value is -5.32. The number of rotatable bonds is 11. The van der Waals surface area contributed by atoms with Crippen LogP contribution in [-0.4, -0.2) is 38.4 Å². The van der Waals surface area contributed by atoms with Gasteiger partial charge < -0.3 is 5.32 Å². The molecule has 2 heterocycles. The van der Waals surface area contributed by atoms with Gasteiger partial charge in [0, 0.05) is 29.7 Å². The molecule has 220 valence electrons. The molecule has 0 atom stereocenters. The van der Waals surface area contributed by atoms with Crippen LogP contribution in [0, 0.1) is 0 Å². The van der Waals surface area contributed by atoms with E-state index in [4.69, 9.17) is 11.6 Å². The first-order chi connectivity index (χ1) is 21.5. The molecule has 1 saturated heterocycles. The van der Waals surface area contributed by atoms with Crippen molar-refractivity contribution in [1.82, 2.24) is 30.7 Å². The SMILES string of the molecule is O=C1CN(N(NCc2ccc(Cl)cc2CNc2ccc(C(c3ccccc3)c3ccccc3)cc2)c2ncncn2)C(=O)N1. The summed E-state index contributed by atoms with van der Waals surface area (Å²) in [6, 6.07) is 34.5. The van der Waals surface area contributed by atoms with E-state index in [0.29, 0.717) is 18.1 Å². The molecule has 0 bridgehead atoms. The molecule has 0 radical (unpaired) electrons. The summed E-state index contributed by atoms with van der Waals surface area (Å²) in [5, 5.41) is 8.93. The normalized spacial score (nSPS) is 12.8. The number of imide groups is 1. The summed E-state index contributed by atoms with van der Waals surface area (Å²) < 4.78 is 0. The molecule has 3 N–H and O–H groups in total. The third-order valence-electron chi connectivity index (χ3n) is 7.27. The molecule has 44 heavy (non-hydrogen) atoms. The molecular formula is C33H29ClN8O2. The molecule has 11 heteroatoms. The number of urea groups is 1. The number of halogens is 1. The highest BCUT2D eigenvalue weighted by Gasteiger charge is 2.33. The van der Waals surface area contributed by atoms with E-state index in [2.05, 4.69) is 104 Å². The molecule has 0 aliphatic carbocycles. The second-order valence-corrected chi connectivity index (χ2v) is 10.6. The summed E-state index contributed by atoms with van der Waals surface area (Å²) in [6.45, 7) is 0.636. The predicted molar refractivity (Wildman–Crippen MR) is 168 cm³/mol. The van der Waals surface area contributed by atoms with Crippen LogP contribution in [0.25, 0.3) is 0 Å². The third kappa shape index (κ3) is 6.67. The van der Waals surface area contributed by atoms with Crippen molar-refractivity contribution < 1.29 is 9.59 Å². The van der Waals surface area contributed by atoms with Gasteiger partial charge in [-0.1, -0.05) is 90.5 Å². The number of amides is 3. The van der Waals surface area contributed by atoms with Crippen LogP contribution in [0.4, 0.5) is 16.4 Å². The molecule has 1 fully saturated rings. The molecule has 5 aromatic rings. The molecule has 1 aliphatic heterocycles. The minimum Gasteiger partial charge on any atom is -0.381 e. The molecule has 1 aliphatic rings. The van der Waals surface area contributed by atoms with Crippen LogP contribution in [0.15, 0.2) is 116 Å². The number of hydrogen-bond acceptors (Lipinski definition) is 8. The van der Waals surface area contributed by atoms with Gasteiger partial charge in [-0.2, -0.15) is 15.1 Å². The lowest BCUT2D eigenvalue weighted by Gasteiger charge is -2.30. The maximum atomic E-state index is 12.4. The number of carbonyl (C=O) groups excluding carboxylic acids is 2. The van der Waals surface area contributed by atoms with Crippen molar-refractivity contribution in [1.29, 1.82) is 0 Å². The molecule has 10 nitrogen and oxygen atoms in total. The van der Waals surface area contributed by atoms with Gasteiger partial charge >= 0.3 is 6.03 Å². The number of benzene rings is 4. The molecule has 0 saturated carbocycles. The fourth-order valence-corrected chi connectivity index (χ4v) is 5.34. The van der Waals surface area contributed by atoms with Gasteiger partial charge in [0.1, 0.15) is 19.2 Å². The van der Waals surface area contributed by atoms with Crippen LogP contribution in [0.1, 0.15) is 33.7 Å². The van der Waals surface area contributed by atoms with Gasteiger partial charge in [-0.25, -0.2) is 20.2 Å². The van der Waals surface area contributed by atoms with Gasteiger partial charge in [-0.05, 0) is 52.1 Å². The third-order valence-corrected chi connectivity index (χ3v) is 7.50. The van der Waals surface area contributed by atoms with E-state index in [1.54, 1.807) is 0 Å². The lowest BCUT2D eigenvalue weighted by Crippen LogP contribution is -2.53. The van der Waals surface area contributed by atoms with Gasteiger partial charge in [0.15, 0.2) is 0 Å². The molecule has 6 rings (SSSR count). The lowest BCUT2D eigenvalue weighted by atomic mass is 9.85. The molecule has 1 aromatic heterocycles. The highest BCUT2D eigenvalue weighted by atomic mass is 35.5. The number of nitrogens with zero attached hydrogens (tertiary/aromatic N) is 5. The zero-order chi connectivity index (χ0) is 30.3. The van der Waals surface area contributed by atoms with E-state index in [-0.39, 0.29) is 18.4 Å². The standard InChI is InChI=1S/C33H29ClN8O2/c34-28-14-11-26(19-39-42(32-37-21-35-22-38-32)41-20-30(43)40-33(41)44)27(17-28)18-36-29-15-12-25(13-16-29)31(23-7-3-1-4-8-23)24-9-5-2-6-10-24/h1-17,21-22,31,36,39H,18-20H2,(H,40,43,44). The largest absolute Gasteiger partial charge is 0.381 e. The number of carbonyl (C=O) groups is 2. The Balaban J connectivity index is 1.18. The smallest absolute Gasteiger partial charge is 0.344 e. The predicted octanol–water partition coefficient (Wildman–Crippen LogP) is 5.30. The van der Waals surface area contributed by atoms with E-state index in [1.165, 1.54) is 39.5 Å². The number of anilines is 2. The van der Waals surface area contributed by atoms with Crippen molar-refractivity contribution in [2.75, 3.05) is 17.0 Å². The average molecular weight is 605 g/mol. The summed E-state index contributed by atoms with van der Waals surface area (Å²) in [6.07, 6.45) is 2.63. The Kier molecular flexibility index (Phi) is 8.72. The van der Waals surface area contributed by atoms with E-state index >= 15 is 0 Å². The van der Waals surface area contributed by atoms with Gasteiger partial charge in [0.05, 0.1) is 0 Å². The van der Waals surface area contributed by atoms with Crippen LogP contribution in [-0.2, 0) is 17.9 Å². The Morgan fingerprint density at radius 2 is 1.43 bits per heavy atom. The monoisotopic (exact) mass is 604 g/mol. The summed E-state index contributed by atoms with van der Waals surface area (Å²) >= 11 is 6.38. The van der Waals surface area contributed by atoms with Crippen molar-refractivity contribution in [3.05, 3.63) is 149 Å². The van der Waals surface area contributed by atoms with E-state index in [1.807, 2.05) is 30.3 Å². The first kappa shape index (κ1) is 28.8. The van der Waals surface area contributed by atoms with Gasteiger partial charge in [0.25, 0.3) is 5.95 Å². The number of nitrogens with one attached hydrogen (secondary N) is 3. The molecule has 4 aromatic carbocycles. The summed E-state index contributed by atoms with van der Waals surface area (Å²) in [5.74, 6) is -0.127. The zero-order valence-electron chi connectivity index (χ0n) is 23.6. The molecule has 0 spiro atoms. The fourth-order valence-electron chi connectivity index (χ4n) is 5.15. The first-order valence-corrected chi connectivity index (χ1v) is 14.4. The molecule has 3 amide bonds. The minimum absolute atomic E-state index is 0.123. The molecular weight excluding hydrogens is 576 g/mol. The van der Waals surface area contributed by atoms with E-state index < -0.39 is 11.9 Å². The van der Waals surface area contributed by atoms with Crippen molar-refractivity contribution in [3.8, 4) is 0 Å². The zero-order valence-corrected chi connectivity index (χ0v) is 24.4. The molecule has 0 unspecified atom stereocenters. The van der Waals surface area contributed by atoms with Crippen LogP contribution in [0.3, 0.4) is 0 Å². The maximum absolute atomic E-state index is 12.4. The van der Waals surface area contributed by atoms with Crippen LogP contribution in [0.2, 0.25) is 5.02 Å². The van der Waals surface area contributed by atoms with Crippen LogP contribution < -0.4 is 21.2 Å². The summed E-state index contributed by atoms with van der Waals surface area (Å²) in [5.41, 5.74) is 9.69. The maximum Gasteiger partial charge on any atom is 0.344 e. The minimum atomic E-state index is -0.578. The number of aromatic nitrogens is 3. The second kappa shape index (κ2) is 13.3. The first-order valence-electron chi connectivity index (χ1n) is 14.0. The Morgan fingerprint density at radius 1 is 0.795 bits per heavy atom. The van der Waals surface area contributed by atoms with Gasteiger partial charge in [0.2, 0.25) is 5.91 Å². The topological polar surface area (TPSA) is 115 Å². The van der Waals surface area contributed by atoms with Gasteiger partial charge in [-0.15, -0.1) is 0 Å². The van der Waals surface area contributed by atoms with Gasteiger partial charge in [-0.3, -0.25) is 10.1 Å². The lowest BCUT2D eigenvalue weighted by molar-refractivity contribution is -0.118. The van der Waals surface area contributed by atoms with Crippen molar-refractivity contribution in [2.24, 2.45) is 0 Å². The average Bonchev–Trinajstić information content (AvgIpc) is 3.40. The van der Waals surface area contributed by atoms with E-state index in [9.17, 15) is 9.59 Å². The van der Waals surface area contributed by atoms with Crippen molar-refractivity contribution >= 4 is 35.2 Å². The summed E-state index contributed by atoms with van der Waals surface area (Å²) in [4.78, 5) is 36.4. The van der Waals surface area contributed by atoms with Crippen molar-refractivity contribution in [3.63, 3.8) is 0 Å². The Bertz CT molecular complexity index is 1680. The Labute approximate surface area is 259 Å². The second-order valence-electron chi connectivity index (χ2n) is 10.1. The Morgan fingerprint density at radius 3 is 2.05 bits per heavy atom. The fraction of sp³-hybridized carbons (Fsp3) is 0.121. The highest BCUT2D eigenvalue weighted by molar-refractivity contribution is 6.30. The number of hydrogen-bond donors (Lipinski definition) is 3. The summed E-state index contributed by atoms with van der Waals surface area (Å²) in [7, 11) is 0. The number of hydrazine groups is 2. The highest BCUT2D eigenvalue weighted by Crippen LogP contribution is 2.32. The van der Waals surface area contributed by atoms with E-state index in [0.717, 1.165) is 16.8 Å².